The Balaban J connectivity index is 1.87. The van der Waals surface area contributed by atoms with Crippen molar-refractivity contribution in [2.45, 2.75) is 12.5 Å². The third-order valence-corrected chi connectivity index (χ3v) is 4.03. The summed E-state index contributed by atoms with van der Waals surface area (Å²) in [7, 11) is 0. The van der Waals surface area contributed by atoms with Crippen molar-refractivity contribution in [3.63, 3.8) is 0 Å². The summed E-state index contributed by atoms with van der Waals surface area (Å²) in [5.41, 5.74) is 0.698. The van der Waals surface area contributed by atoms with Crippen molar-refractivity contribution in [2.24, 2.45) is 0 Å². The van der Waals surface area contributed by atoms with Crippen LogP contribution in [0.25, 0.3) is 0 Å². The quantitative estimate of drug-likeness (QED) is 0.633. The van der Waals surface area contributed by atoms with Crippen LogP contribution < -0.4 is 16.4 Å². The van der Waals surface area contributed by atoms with E-state index < -0.39 is 23.1 Å². The molecule has 1 atom stereocenters. The fourth-order valence-corrected chi connectivity index (χ4v) is 2.66. The molecule has 0 bridgehead atoms. The second-order valence-corrected chi connectivity index (χ2v) is 6.06. The molecule has 0 aliphatic carbocycles. The summed E-state index contributed by atoms with van der Waals surface area (Å²) in [6.45, 7) is 0. The Morgan fingerprint density at radius 1 is 1.12 bits per heavy atom. The third-order valence-electron chi connectivity index (χ3n) is 3.77. The first-order valence-corrected chi connectivity index (χ1v) is 8.16. The molecular formula is C18H15ClN4O3. The molecular weight excluding hydrogens is 356 g/mol. The molecule has 0 radical (unpaired) electrons. The first-order valence-electron chi connectivity index (χ1n) is 7.78. The number of carbonyl (C=O) groups excluding carboxylic acids is 1. The highest BCUT2D eigenvalue weighted by Crippen LogP contribution is 2.23. The predicted molar refractivity (Wildman–Crippen MR) is 97.1 cm³/mol. The number of hydrogen-bond donors (Lipinski definition) is 3. The molecule has 0 aliphatic rings. The summed E-state index contributed by atoms with van der Waals surface area (Å²) in [4.78, 5) is 39.6. The lowest BCUT2D eigenvalue weighted by Gasteiger charge is -2.19. The first kappa shape index (κ1) is 17.6. The van der Waals surface area contributed by atoms with Crippen LogP contribution in [0.4, 0.5) is 0 Å². The van der Waals surface area contributed by atoms with Gasteiger partial charge >= 0.3 is 0 Å². The van der Waals surface area contributed by atoms with Crippen LogP contribution >= 0.6 is 11.6 Å². The minimum atomic E-state index is -0.510. The maximum absolute atomic E-state index is 12.5. The molecule has 0 fully saturated rings. The Hall–Kier alpha value is -3.19. The lowest BCUT2D eigenvalue weighted by Crippen LogP contribution is -2.33. The van der Waals surface area contributed by atoms with Crippen LogP contribution in [0.5, 0.6) is 0 Å². The molecule has 0 spiro atoms. The zero-order valence-electron chi connectivity index (χ0n) is 13.5. The van der Waals surface area contributed by atoms with E-state index in [2.05, 4.69) is 20.5 Å². The monoisotopic (exact) mass is 370 g/mol. The first-order chi connectivity index (χ1) is 12.5. The highest BCUT2D eigenvalue weighted by Gasteiger charge is 2.18. The number of nitrogens with zero attached hydrogens (tertiary/aromatic N) is 1. The molecule has 1 unspecified atom stereocenters. The molecule has 2 heterocycles. The van der Waals surface area contributed by atoms with Gasteiger partial charge in [-0.2, -0.15) is 0 Å². The zero-order valence-corrected chi connectivity index (χ0v) is 14.3. The number of nitrogens with one attached hydrogen (secondary N) is 3. The Morgan fingerprint density at radius 3 is 2.58 bits per heavy atom. The fourth-order valence-electron chi connectivity index (χ4n) is 2.54. The predicted octanol–water partition coefficient (Wildman–Crippen LogP) is 1.56. The van der Waals surface area contributed by atoms with Gasteiger partial charge in [-0.05, 0) is 29.3 Å². The van der Waals surface area contributed by atoms with E-state index in [1.54, 1.807) is 42.7 Å². The van der Waals surface area contributed by atoms with Crippen LogP contribution in [0.15, 0.2) is 64.4 Å². The van der Waals surface area contributed by atoms with Crippen LogP contribution in [0.1, 0.15) is 22.7 Å². The molecule has 3 aromatic rings. The number of hydrogen-bond acceptors (Lipinski definition) is 4. The standard InChI is InChI=1S/C18H15ClN4O3/c19-14-5-3-11(4-6-14)17(12-2-1-7-20-10-12)21-15(24)8-13-9-16(25)22-23-18(13)26/h1-7,9-10,17H,8H2,(H,21,24)(H,22,25)(H,23,26). The van der Waals surface area contributed by atoms with Gasteiger partial charge in [-0.15, -0.1) is 0 Å². The van der Waals surface area contributed by atoms with E-state index >= 15 is 0 Å². The Labute approximate surface area is 153 Å². The molecule has 26 heavy (non-hydrogen) atoms. The number of H-pyrrole nitrogens is 2. The summed E-state index contributed by atoms with van der Waals surface area (Å²) in [5.74, 6) is -0.398. The van der Waals surface area contributed by atoms with Gasteiger partial charge in [-0.3, -0.25) is 29.6 Å². The van der Waals surface area contributed by atoms with Gasteiger partial charge in [0.05, 0.1) is 12.5 Å². The van der Waals surface area contributed by atoms with Crippen molar-refractivity contribution in [2.75, 3.05) is 0 Å². The van der Waals surface area contributed by atoms with E-state index in [0.717, 1.165) is 17.2 Å². The summed E-state index contributed by atoms with van der Waals surface area (Å²) < 4.78 is 0. The molecule has 1 amide bonds. The van der Waals surface area contributed by atoms with Gasteiger partial charge in [0, 0.05) is 29.0 Å². The second kappa shape index (κ2) is 7.79. The van der Waals surface area contributed by atoms with Crippen LogP contribution in [-0.4, -0.2) is 21.1 Å². The average Bonchev–Trinajstić information content (AvgIpc) is 2.64. The number of carbonyl (C=O) groups is 1. The van der Waals surface area contributed by atoms with Crippen molar-refractivity contribution < 1.29 is 4.79 Å². The third kappa shape index (κ3) is 4.25. The van der Waals surface area contributed by atoms with E-state index in [9.17, 15) is 14.4 Å². The fraction of sp³-hybridized carbons (Fsp3) is 0.111. The highest BCUT2D eigenvalue weighted by molar-refractivity contribution is 6.30. The molecule has 3 rings (SSSR count). The number of rotatable bonds is 5. The smallest absolute Gasteiger partial charge is 0.266 e. The zero-order chi connectivity index (χ0) is 18.5. The molecule has 1 aromatic carbocycles. The molecule has 8 heteroatoms. The summed E-state index contributed by atoms with van der Waals surface area (Å²) in [5, 5.41) is 7.82. The Bertz CT molecular complexity index is 1010. The molecule has 7 nitrogen and oxygen atoms in total. The SMILES string of the molecule is O=C(Cc1cc(=O)[nH][nH]c1=O)NC(c1ccc(Cl)cc1)c1cccnc1. The second-order valence-electron chi connectivity index (χ2n) is 5.63. The summed E-state index contributed by atoms with van der Waals surface area (Å²) >= 11 is 5.94. The van der Waals surface area contributed by atoms with Crippen LogP contribution in [-0.2, 0) is 11.2 Å². The van der Waals surface area contributed by atoms with Crippen molar-refractivity contribution in [3.8, 4) is 0 Å². The molecule has 0 aliphatic heterocycles. The largest absolute Gasteiger partial charge is 0.345 e. The van der Waals surface area contributed by atoms with Crippen molar-refractivity contribution in [1.29, 1.82) is 0 Å². The highest BCUT2D eigenvalue weighted by atomic mass is 35.5. The number of amides is 1. The van der Waals surface area contributed by atoms with Gasteiger partial charge < -0.3 is 5.32 Å². The minimum Gasteiger partial charge on any atom is -0.345 e. The molecule has 0 saturated heterocycles. The molecule has 132 valence electrons. The van der Waals surface area contributed by atoms with E-state index in [4.69, 9.17) is 11.6 Å². The van der Waals surface area contributed by atoms with Gasteiger partial charge in [0.25, 0.3) is 11.1 Å². The van der Waals surface area contributed by atoms with E-state index in [-0.39, 0.29) is 12.0 Å². The minimum absolute atomic E-state index is 0.0901. The lowest BCUT2D eigenvalue weighted by atomic mass is 10.00. The number of aromatic nitrogens is 3. The van der Waals surface area contributed by atoms with Gasteiger partial charge in [-0.25, -0.2) is 0 Å². The molecule has 2 aromatic heterocycles. The topological polar surface area (TPSA) is 108 Å². The normalized spacial score (nSPS) is 11.7. The van der Waals surface area contributed by atoms with Crippen LogP contribution in [0, 0.1) is 0 Å². The summed E-state index contributed by atoms with van der Waals surface area (Å²) in [6, 6.07) is 11.3. The Kier molecular flexibility index (Phi) is 5.28. The summed E-state index contributed by atoms with van der Waals surface area (Å²) in [6.07, 6.45) is 3.07. The number of halogens is 1. The van der Waals surface area contributed by atoms with Crippen molar-refractivity contribution >= 4 is 17.5 Å². The lowest BCUT2D eigenvalue weighted by molar-refractivity contribution is -0.120. The van der Waals surface area contributed by atoms with Gasteiger partial charge in [0.1, 0.15) is 0 Å². The average molecular weight is 371 g/mol. The molecule has 0 saturated carbocycles. The number of pyridine rings is 1. The number of benzene rings is 1. The van der Waals surface area contributed by atoms with E-state index in [0.29, 0.717) is 5.02 Å². The maximum Gasteiger partial charge on any atom is 0.266 e. The van der Waals surface area contributed by atoms with E-state index in [1.165, 1.54) is 0 Å². The van der Waals surface area contributed by atoms with Crippen LogP contribution in [0.3, 0.4) is 0 Å². The van der Waals surface area contributed by atoms with Crippen molar-refractivity contribution in [3.05, 3.63) is 97.3 Å². The van der Waals surface area contributed by atoms with Gasteiger partial charge in [0.2, 0.25) is 5.91 Å². The Morgan fingerprint density at radius 2 is 1.88 bits per heavy atom. The molecule has 3 N–H and O–H groups in total. The van der Waals surface area contributed by atoms with Crippen LogP contribution in [0.2, 0.25) is 5.02 Å². The van der Waals surface area contributed by atoms with E-state index in [1.807, 2.05) is 6.07 Å². The van der Waals surface area contributed by atoms with Gasteiger partial charge in [0.15, 0.2) is 0 Å². The van der Waals surface area contributed by atoms with Gasteiger partial charge in [-0.1, -0.05) is 29.8 Å². The maximum atomic E-state index is 12.5. The number of aromatic amines is 2. The van der Waals surface area contributed by atoms with Crippen molar-refractivity contribution in [1.82, 2.24) is 20.5 Å².